The Kier molecular flexibility index (Phi) is 7.33. The molecule has 1 aliphatic carbocycles. The molecule has 19 heavy (non-hydrogen) atoms. The first-order valence-corrected chi connectivity index (χ1v) is 8.02. The van der Waals surface area contributed by atoms with E-state index in [1.807, 2.05) is 0 Å². The minimum Gasteiger partial charge on any atom is -0.312 e. The van der Waals surface area contributed by atoms with Crippen molar-refractivity contribution in [1.29, 1.82) is 0 Å². The monoisotopic (exact) mass is 269 g/mol. The second kappa shape index (κ2) is 8.23. The van der Waals surface area contributed by atoms with Crippen LogP contribution in [0.5, 0.6) is 0 Å². The van der Waals surface area contributed by atoms with Crippen LogP contribution in [0.25, 0.3) is 0 Å². The summed E-state index contributed by atoms with van der Waals surface area (Å²) in [7, 11) is 4.33. The van der Waals surface area contributed by atoms with E-state index in [-0.39, 0.29) is 0 Å². The summed E-state index contributed by atoms with van der Waals surface area (Å²) in [5.41, 5.74) is 0. The summed E-state index contributed by atoms with van der Waals surface area (Å²) in [6, 6.07) is 1.49. The lowest BCUT2D eigenvalue weighted by atomic mass is 10.0. The average molecular weight is 269 g/mol. The third-order valence-corrected chi connectivity index (χ3v) is 3.87. The normalized spacial score (nSPS) is 18.0. The smallest absolute Gasteiger partial charge is 0.0244 e. The average Bonchev–Trinajstić information content (AvgIpc) is 3.08. The Bertz CT molecular complexity index is 234. The third-order valence-electron chi connectivity index (χ3n) is 3.87. The lowest BCUT2D eigenvalue weighted by Crippen LogP contribution is -2.49. The van der Waals surface area contributed by atoms with Crippen LogP contribution < -0.4 is 5.32 Å². The molecule has 0 radical (unpaired) electrons. The van der Waals surface area contributed by atoms with Crippen molar-refractivity contribution in [3.05, 3.63) is 0 Å². The number of rotatable bonds is 10. The Labute approximate surface area is 120 Å². The molecule has 0 aromatic rings. The van der Waals surface area contributed by atoms with Gasteiger partial charge in [-0.25, -0.2) is 0 Å². The van der Waals surface area contributed by atoms with Gasteiger partial charge in [0.25, 0.3) is 0 Å². The minimum atomic E-state index is 0.669. The van der Waals surface area contributed by atoms with Gasteiger partial charge in [0.05, 0.1) is 0 Å². The molecular weight excluding hydrogens is 234 g/mol. The second-order valence-electron chi connectivity index (χ2n) is 7.19. The van der Waals surface area contributed by atoms with E-state index in [2.05, 4.69) is 56.9 Å². The van der Waals surface area contributed by atoms with Crippen LogP contribution in [-0.4, -0.2) is 62.2 Å². The first-order valence-electron chi connectivity index (χ1n) is 8.02. The van der Waals surface area contributed by atoms with E-state index in [1.54, 1.807) is 0 Å². The summed E-state index contributed by atoms with van der Waals surface area (Å²) in [6.45, 7) is 14.1. The van der Waals surface area contributed by atoms with Gasteiger partial charge in [-0.05, 0) is 38.8 Å². The second-order valence-corrected chi connectivity index (χ2v) is 7.19. The zero-order valence-electron chi connectivity index (χ0n) is 13.9. The summed E-state index contributed by atoms with van der Waals surface area (Å²) in [6.07, 6.45) is 2.76. The molecule has 1 atom stereocenters. The highest BCUT2D eigenvalue weighted by atomic mass is 15.2. The molecule has 0 bridgehead atoms. The Morgan fingerprint density at radius 2 is 1.68 bits per heavy atom. The van der Waals surface area contributed by atoms with Crippen molar-refractivity contribution in [3.63, 3.8) is 0 Å². The van der Waals surface area contributed by atoms with Gasteiger partial charge in [0.15, 0.2) is 0 Å². The van der Waals surface area contributed by atoms with E-state index < -0.39 is 0 Å². The highest BCUT2D eigenvalue weighted by molar-refractivity contribution is 4.85. The molecule has 3 heteroatoms. The number of hydrogen-bond acceptors (Lipinski definition) is 3. The fourth-order valence-corrected chi connectivity index (χ4v) is 2.55. The Morgan fingerprint density at radius 3 is 2.11 bits per heavy atom. The van der Waals surface area contributed by atoms with Gasteiger partial charge >= 0.3 is 0 Å². The maximum absolute atomic E-state index is 3.72. The Morgan fingerprint density at radius 1 is 1.05 bits per heavy atom. The number of nitrogens with zero attached hydrogens (tertiary/aromatic N) is 2. The molecule has 0 aromatic carbocycles. The quantitative estimate of drug-likeness (QED) is 0.656. The van der Waals surface area contributed by atoms with Gasteiger partial charge in [0.2, 0.25) is 0 Å². The third kappa shape index (κ3) is 7.28. The summed E-state index contributed by atoms with van der Waals surface area (Å²) >= 11 is 0. The molecule has 0 amide bonds. The van der Waals surface area contributed by atoms with E-state index in [0.717, 1.165) is 25.0 Å². The van der Waals surface area contributed by atoms with Crippen molar-refractivity contribution in [1.82, 2.24) is 15.1 Å². The van der Waals surface area contributed by atoms with E-state index in [0.29, 0.717) is 12.0 Å². The molecule has 0 aliphatic heterocycles. The topological polar surface area (TPSA) is 18.5 Å². The summed E-state index contributed by atoms with van der Waals surface area (Å²) in [4.78, 5) is 4.99. The number of nitrogens with one attached hydrogen (secondary N) is 1. The van der Waals surface area contributed by atoms with Crippen LogP contribution in [0.2, 0.25) is 0 Å². The molecule has 1 fully saturated rings. The maximum Gasteiger partial charge on any atom is 0.0244 e. The maximum atomic E-state index is 3.72. The molecule has 1 rings (SSSR count). The molecule has 1 aliphatic rings. The predicted octanol–water partition coefficient (Wildman–Crippen LogP) is 2.28. The molecular formula is C16H35N3. The zero-order chi connectivity index (χ0) is 14.4. The molecule has 0 saturated heterocycles. The molecule has 0 aromatic heterocycles. The van der Waals surface area contributed by atoms with Crippen LogP contribution in [0, 0.1) is 11.8 Å². The van der Waals surface area contributed by atoms with Crippen LogP contribution in [0.4, 0.5) is 0 Å². The lowest BCUT2D eigenvalue weighted by molar-refractivity contribution is 0.124. The van der Waals surface area contributed by atoms with Crippen molar-refractivity contribution >= 4 is 0 Å². The number of hydrogen-bond donors (Lipinski definition) is 1. The zero-order valence-corrected chi connectivity index (χ0v) is 13.9. The van der Waals surface area contributed by atoms with Crippen molar-refractivity contribution in [2.45, 2.75) is 52.6 Å². The van der Waals surface area contributed by atoms with Gasteiger partial charge in [-0.2, -0.15) is 0 Å². The van der Waals surface area contributed by atoms with Gasteiger partial charge in [-0.3, -0.25) is 4.90 Å². The van der Waals surface area contributed by atoms with Crippen LogP contribution in [0.1, 0.15) is 40.5 Å². The standard InChI is InChI=1S/C16H35N3/c1-13(2)12-19(10-9-18(5)6)16(14(3)4)11-17-15-7-8-15/h13-17H,7-12H2,1-6H3. The van der Waals surface area contributed by atoms with Crippen LogP contribution in [-0.2, 0) is 0 Å². The molecule has 3 nitrogen and oxygen atoms in total. The van der Waals surface area contributed by atoms with E-state index >= 15 is 0 Å². The van der Waals surface area contributed by atoms with Crippen LogP contribution >= 0.6 is 0 Å². The highest BCUT2D eigenvalue weighted by Crippen LogP contribution is 2.20. The fourth-order valence-electron chi connectivity index (χ4n) is 2.55. The van der Waals surface area contributed by atoms with Gasteiger partial charge in [0.1, 0.15) is 0 Å². The first-order chi connectivity index (χ1) is 8.90. The van der Waals surface area contributed by atoms with Crippen LogP contribution in [0.3, 0.4) is 0 Å². The van der Waals surface area contributed by atoms with Gasteiger partial charge in [-0.15, -0.1) is 0 Å². The largest absolute Gasteiger partial charge is 0.312 e. The van der Waals surface area contributed by atoms with E-state index in [4.69, 9.17) is 0 Å². The molecule has 114 valence electrons. The molecule has 1 N–H and O–H groups in total. The SMILES string of the molecule is CC(C)CN(CCN(C)C)C(CNC1CC1)C(C)C. The summed E-state index contributed by atoms with van der Waals surface area (Å²) in [5.74, 6) is 1.46. The van der Waals surface area contributed by atoms with Crippen molar-refractivity contribution < 1.29 is 0 Å². The Hall–Kier alpha value is -0.120. The lowest BCUT2D eigenvalue weighted by Gasteiger charge is -2.36. The van der Waals surface area contributed by atoms with Gasteiger partial charge in [-0.1, -0.05) is 27.7 Å². The van der Waals surface area contributed by atoms with Crippen molar-refractivity contribution in [2.75, 3.05) is 40.3 Å². The van der Waals surface area contributed by atoms with Gasteiger partial charge in [0, 0.05) is 38.3 Å². The number of likely N-dealkylation sites (N-methyl/N-ethyl adjacent to an activating group) is 1. The Balaban J connectivity index is 2.52. The summed E-state index contributed by atoms with van der Waals surface area (Å²) in [5, 5.41) is 3.72. The fraction of sp³-hybridized carbons (Fsp3) is 1.00. The summed E-state index contributed by atoms with van der Waals surface area (Å²) < 4.78 is 0. The highest BCUT2D eigenvalue weighted by Gasteiger charge is 2.26. The minimum absolute atomic E-state index is 0.669. The van der Waals surface area contributed by atoms with Gasteiger partial charge < -0.3 is 10.2 Å². The van der Waals surface area contributed by atoms with Crippen LogP contribution in [0.15, 0.2) is 0 Å². The van der Waals surface area contributed by atoms with E-state index in [1.165, 1.54) is 25.9 Å². The molecule has 1 unspecified atom stereocenters. The van der Waals surface area contributed by atoms with Crippen molar-refractivity contribution in [3.8, 4) is 0 Å². The van der Waals surface area contributed by atoms with E-state index in [9.17, 15) is 0 Å². The molecule has 0 heterocycles. The first kappa shape index (κ1) is 16.9. The van der Waals surface area contributed by atoms with Crippen molar-refractivity contribution in [2.24, 2.45) is 11.8 Å². The molecule has 0 spiro atoms. The molecule has 1 saturated carbocycles. The predicted molar refractivity (Wildman–Crippen MR) is 84.6 cm³/mol.